The fourth-order valence-corrected chi connectivity index (χ4v) is 4.98. The zero-order chi connectivity index (χ0) is 16.6. The van der Waals surface area contributed by atoms with Crippen molar-refractivity contribution < 1.29 is 13.2 Å². The minimum atomic E-state index is -3.73. The maximum absolute atomic E-state index is 13.1. The van der Waals surface area contributed by atoms with Gasteiger partial charge in [-0.05, 0) is 55.3 Å². The highest BCUT2D eigenvalue weighted by Crippen LogP contribution is 2.37. The van der Waals surface area contributed by atoms with Crippen molar-refractivity contribution in [2.75, 3.05) is 17.5 Å². The molecule has 2 aromatic rings. The summed E-state index contributed by atoms with van der Waals surface area (Å²) in [6.07, 6.45) is 0.679. The van der Waals surface area contributed by atoms with Crippen LogP contribution in [0.1, 0.15) is 12.5 Å². The minimum absolute atomic E-state index is 0.0996. The van der Waals surface area contributed by atoms with Gasteiger partial charge in [0.25, 0.3) is 10.0 Å². The predicted octanol–water partition coefficient (Wildman–Crippen LogP) is 4.25. The first-order chi connectivity index (χ1) is 10.9. The molecule has 0 amide bonds. The molecule has 0 atom stereocenters. The normalized spacial score (nSPS) is 14.0. The number of anilines is 1. The van der Waals surface area contributed by atoms with Gasteiger partial charge in [-0.3, -0.25) is 4.31 Å². The van der Waals surface area contributed by atoms with Gasteiger partial charge < -0.3 is 4.74 Å². The minimum Gasteiger partial charge on any atom is -0.492 e. The lowest BCUT2D eigenvalue weighted by atomic mass is 10.2. The molecule has 1 aliphatic heterocycles. The summed E-state index contributed by atoms with van der Waals surface area (Å²) in [5.74, 6) is 0.322. The molecule has 23 heavy (non-hydrogen) atoms. The van der Waals surface area contributed by atoms with E-state index in [1.54, 1.807) is 12.1 Å². The van der Waals surface area contributed by atoms with Crippen molar-refractivity contribution in [2.45, 2.75) is 18.2 Å². The smallest absolute Gasteiger partial charge is 0.268 e. The fourth-order valence-electron chi connectivity index (χ4n) is 2.67. The number of fused-ring (bicyclic) bond motifs is 1. The second-order valence-electron chi connectivity index (χ2n) is 5.12. The Morgan fingerprint density at radius 2 is 2.04 bits per heavy atom. The first-order valence-corrected chi connectivity index (χ1v) is 9.78. The monoisotopic (exact) mass is 415 g/mol. The number of rotatable bonds is 4. The van der Waals surface area contributed by atoms with Gasteiger partial charge in [0.1, 0.15) is 10.6 Å². The highest BCUT2D eigenvalue weighted by molar-refractivity contribution is 9.10. The molecule has 0 aliphatic carbocycles. The van der Waals surface area contributed by atoms with Gasteiger partial charge in [-0.15, -0.1) is 0 Å². The number of benzene rings is 2. The SMILES string of the molecule is CCOc1ccc(Cl)cc1S(=O)(=O)N1CCc2cc(Br)ccc21. The van der Waals surface area contributed by atoms with Crippen LogP contribution in [0.15, 0.2) is 45.8 Å². The Bertz CT molecular complexity index is 854. The second kappa shape index (κ2) is 6.34. The van der Waals surface area contributed by atoms with E-state index in [0.717, 1.165) is 10.0 Å². The molecule has 2 aromatic carbocycles. The fraction of sp³-hybridized carbons (Fsp3) is 0.250. The lowest BCUT2D eigenvalue weighted by Gasteiger charge is -2.21. The number of ether oxygens (including phenoxy) is 1. The Hall–Kier alpha value is -1.24. The summed E-state index contributed by atoms with van der Waals surface area (Å²) in [4.78, 5) is 0.0996. The molecule has 4 nitrogen and oxygen atoms in total. The number of hydrogen-bond donors (Lipinski definition) is 0. The summed E-state index contributed by atoms with van der Waals surface area (Å²) >= 11 is 9.42. The lowest BCUT2D eigenvalue weighted by Crippen LogP contribution is -2.29. The van der Waals surface area contributed by atoms with Crippen molar-refractivity contribution in [3.05, 3.63) is 51.5 Å². The van der Waals surface area contributed by atoms with E-state index in [2.05, 4.69) is 15.9 Å². The Morgan fingerprint density at radius 1 is 1.26 bits per heavy atom. The molecule has 0 spiro atoms. The van der Waals surface area contributed by atoms with Crippen LogP contribution in [0, 0.1) is 0 Å². The summed E-state index contributed by atoms with van der Waals surface area (Å²) in [7, 11) is -3.73. The van der Waals surface area contributed by atoms with Crippen LogP contribution in [0.2, 0.25) is 5.02 Å². The zero-order valence-electron chi connectivity index (χ0n) is 12.4. The molecule has 1 aliphatic rings. The third-order valence-electron chi connectivity index (χ3n) is 3.67. The maximum atomic E-state index is 13.1. The maximum Gasteiger partial charge on any atom is 0.268 e. The van der Waals surface area contributed by atoms with Crippen molar-refractivity contribution in [3.63, 3.8) is 0 Å². The first kappa shape index (κ1) is 16.6. The van der Waals surface area contributed by atoms with E-state index < -0.39 is 10.0 Å². The first-order valence-electron chi connectivity index (χ1n) is 7.17. The Morgan fingerprint density at radius 3 is 2.78 bits per heavy atom. The molecular weight excluding hydrogens is 402 g/mol. The zero-order valence-corrected chi connectivity index (χ0v) is 15.6. The van der Waals surface area contributed by atoms with E-state index in [1.807, 2.05) is 25.1 Å². The lowest BCUT2D eigenvalue weighted by molar-refractivity contribution is 0.331. The molecular formula is C16H15BrClNO3S. The molecule has 7 heteroatoms. The third kappa shape index (κ3) is 3.07. The van der Waals surface area contributed by atoms with Gasteiger partial charge >= 0.3 is 0 Å². The second-order valence-corrected chi connectivity index (χ2v) is 8.31. The standard InChI is InChI=1S/C16H15BrClNO3S/c1-2-22-15-6-4-13(18)10-16(15)23(20,21)19-8-7-11-9-12(17)3-5-14(11)19/h3-6,9-10H,2,7-8H2,1H3. The molecule has 0 saturated carbocycles. The molecule has 0 saturated heterocycles. The van der Waals surface area contributed by atoms with E-state index in [1.165, 1.54) is 10.4 Å². The quantitative estimate of drug-likeness (QED) is 0.748. The Labute approximate surface area is 149 Å². The van der Waals surface area contributed by atoms with Crippen molar-refractivity contribution >= 4 is 43.2 Å². The Kier molecular flexibility index (Phi) is 4.58. The van der Waals surface area contributed by atoms with Crippen LogP contribution in [-0.4, -0.2) is 21.6 Å². The van der Waals surface area contributed by atoms with Crippen LogP contribution >= 0.6 is 27.5 Å². The van der Waals surface area contributed by atoms with E-state index in [0.29, 0.717) is 36.0 Å². The van der Waals surface area contributed by atoms with Crippen LogP contribution in [0.3, 0.4) is 0 Å². The topological polar surface area (TPSA) is 46.6 Å². The van der Waals surface area contributed by atoms with Gasteiger partial charge in [0, 0.05) is 16.0 Å². The average molecular weight is 417 g/mol. The van der Waals surface area contributed by atoms with E-state index in [4.69, 9.17) is 16.3 Å². The van der Waals surface area contributed by atoms with Gasteiger partial charge in [0.2, 0.25) is 0 Å². The average Bonchev–Trinajstić information content (AvgIpc) is 2.92. The molecule has 0 bridgehead atoms. The van der Waals surface area contributed by atoms with E-state index in [-0.39, 0.29) is 4.90 Å². The number of sulfonamides is 1. The Balaban J connectivity index is 2.09. The third-order valence-corrected chi connectivity index (χ3v) is 6.23. The van der Waals surface area contributed by atoms with Crippen molar-refractivity contribution in [2.24, 2.45) is 0 Å². The van der Waals surface area contributed by atoms with E-state index in [9.17, 15) is 8.42 Å². The number of halogens is 2. The van der Waals surface area contributed by atoms with Gasteiger partial charge in [-0.2, -0.15) is 0 Å². The van der Waals surface area contributed by atoms with Gasteiger partial charge in [0.05, 0.1) is 12.3 Å². The molecule has 0 unspecified atom stereocenters. The molecule has 0 fully saturated rings. The molecule has 3 rings (SSSR count). The van der Waals surface area contributed by atoms with Gasteiger partial charge in [-0.25, -0.2) is 8.42 Å². The number of hydrogen-bond acceptors (Lipinski definition) is 3. The summed E-state index contributed by atoms with van der Waals surface area (Å²) in [5, 5.41) is 0.363. The van der Waals surface area contributed by atoms with Crippen LogP contribution in [0.5, 0.6) is 5.75 Å². The molecule has 0 aromatic heterocycles. The highest BCUT2D eigenvalue weighted by Gasteiger charge is 2.33. The van der Waals surface area contributed by atoms with E-state index >= 15 is 0 Å². The number of nitrogens with zero attached hydrogens (tertiary/aromatic N) is 1. The highest BCUT2D eigenvalue weighted by atomic mass is 79.9. The summed E-state index contributed by atoms with van der Waals surface area (Å²) in [6.45, 7) is 2.60. The van der Waals surface area contributed by atoms with Gasteiger partial charge in [-0.1, -0.05) is 27.5 Å². The molecule has 122 valence electrons. The van der Waals surface area contributed by atoms with Gasteiger partial charge in [0.15, 0.2) is 0 Å². The predicted molar refractivity (Wildman–Crippen MR) is 95.0 cm³/mol. The summed E-state index contributed by atoms with van der Waals surface area (Å²) in [6, 6.07) is 10.3. The van der Waals surface area contributed by atoms with Crippen molar-refractivity contribution in [1.29, 1.82) is 0 Å². The van der Waals surface area contributed by atoms with Crippen LogP contribution < -0.4 is 9.04 Å². The van der Waals surface area contributed by atoms with Crippen LogP contribution in [0.25, 0.3) is 0 Å². The summed E-state index contributed by atoms with van der Waals surface area (Å²) in [5.41, 5.74) is 1.71. The summed E-state index contributed by atoms with van der Waals surface area (Å²) < 4.78 is 34.0. The molecule has 0 radical (unpaired) electrons. The van der Waals surface area contributed by atoms with Crippen molar-refractivity contribution in [1.82, 2.24) is 0 Å². The molecule has 0 N–H and O–H groups in total. The van der Waals surface area contributed by atoms with Crippen molar-refractivity contribution in [3.8, 4) is 5.75 Å². The molecule has 1 heterocycles. The van der Waals surface area contributed by atoms with Crippen LogP contribution in [-0.2, 0) is 16.4 Å². The largest absolute Gasteiger partial charge is 0.492 e. The van der Waals surface area contributed by atoms with Crippen LogP contribution in [0.4, 0.5) is 5.69 Å².